The highest BCUT2D eigenvalue weighted by Gasteiger charge is 2.18. The number of amides is 2. The number of thiophene rings is 1. The Morgan fingerprint density at radius 2 is 1.85 bits per heavy atom. The number of hydrogen-bond acceptors (Lipinski definition) is 4. The second-order valence-electron chi connectivity index (χ2n) is 7.09. The fraction of sp³-hybridized carbons (Fsp3) is 0.429. The predicted molar refractivity (Wildman–Crippen MR) is 111 cm³/mol. The van der Waals surface area contributed by atoms with Gasteiger partial charge in [0.05, 0.1) is 19.1 Å². The first kappa shape index (κ1) is 21.1. The zero-order valence-electron chi connectivity index (χ0n) is 16.5. The van der Waals surface area contributed by atoms with E-state index < -0.39 is 0 Å². The molecule has 2 rings (SSSR count). The van der Waals surface area contributed by atoms with Crippen molar-refractivity contribution in [2.75, 3.05) is 27.2 Å². The number of carbonyl (C=O) groups excluding carboxylic acids is 2. The highest BCUT2D eigenvalue weighted by Crippen LogP contribution is 2.26. The summed E-state index contributed by atoms with van der Waals surface area (Å²) in [6.07, 6.45) is 1.06. The van der Waals surface area contributed by atoms with E-state index >= 15 is 0 Å². The fourth-order valence-electron chi connectivity index (χ4n) is 2.86. The number of hydrogen-bond donors (Lipinski definition) is 2. The Morgan fingerprint density at radius 1 is 1.15 bits per heavy atom. The van der Waals surface area contributed by atoms with E-state index in [0.717, 1.165) is 16.9 Å². The van der Waals surface area contributed by atoms with Gasteiger partial charge in [-0.05, 0) is 34.9 Å². The summed E-state index contributed by atoms with van der Waals surface area (Å²) in [7, 11) is 3.20. The highest BCUT2D eigenvalue weighted by molar-refractivity contribution is 7.10. The molecule has 5 nitrogen and oxygen atoms in total. The second kappa shape index (κ2) is 10.2. The van der Waals surface area contributed by atoms with Crippen molar-refractivity contribution in [1.82, 2.24) is 15.5 Å². The summed E-state index contributed by atoms with van der Waals surface area (Å²) in [5.74, 6) is 0.327. The maximum atomic E-state index is 12.4. The zero-order chi connectivity index (χ0) is 19.8. The second-order valence-corrected chi connectivity index (χ2v) is 8.07. The van der Waals surface area contributed by atoms with Gasteiger partial charge < -0.3 is 10.2 Å². The number of rotatable bonds is 9. The van der Waals surface area contributed by atoms with Crippen LogP contribution in [0.1, 0.15) is 35.9 Å². The minimum Gasteiger partial charge on any atom is -0.358 e. The summed E-state index contributed by atoms with van der Waals surface area (Å²) in [6.45, 7) is 4.66. The maximum Gasteiger partial charge on any atom is 0.239 e. The van der Waals surface area contributed by atoms with Gasteiger partial charge in [-0.1, -0.05) is 44.2 Å². The van der Waals surface area contributed by atoms with Crippen LogP contribution in [-0.4, -0.2) is 43.9 Å². The van der Waals surface area contributed by atoms with Crippen molar-refractivity contribution in [3.63, 3.8) is 0 Å². The molecule has 1 atom stereocenters. The molecule has 0 aliphatic heterocycles. The fourth-order valence-corrected chi connectivity index (χ4v) is 3.69. The zero-order valence-corrected chi connectivity index (χ0v) is 17.3. The summed E-state index contributed by atoms with van der Waals surface area (Å²) < 4.78 is 0. The summed E-state index contributed by atoms with van der Waals surface area (Å²) >= 11 is 1.66. The Hall–Kier alpha value is -2.18. The molecule has 6 heteroatoms. The van der Waals surface area contributed by atoms with Crippen LogP contribution < -0.4 is 10.6 Å². The van der Waals surface area contributed by atoms with Crippen molar-refractivity contribution in [3.05, 3.63) is 57.8 Å². The Morgan fingerprint density at radius 3 is 2.41 bits per heavy atom. The number of likely N-dealkylation sites (N-methyl/N-ethyl adjacent to an activating group) is 2. The van der Waals surface area contributed by atoms with E-state index in [1.165, 1.54) is 10.5 Å². The normalized spacial score (nSPS) is 12.0. The first-order valence-electron chi connectivity index (χ1n) is 9.21. The van der Waals surface area contributed by atoms with E-state index in [0.29, 0.717) is 5.92 Å². The van der Waals surface area contributed by atoms with Crippen LogP contribution in [-0.2, 0) is 16.0 Å². The molecule has 2 aromatic rings. The molecular formula is C21H29N3O2S. The number of benzene rings is 1. The number of nitrogens with one attached hydrogen (secondary N) is 2. The molecule has 0 radical (unpaired) electrons. The van der Waals surface area contributed by atoms with Gasteiger partial charge in [0, 0.05) is 19.0 Å². The van der Waals surface area contributed by atoms with Crippen LogP contribution in [0.3, 0.4) is 0 Å². The molecule has 0 aliphatic rings. The molecule has 2 N–H and O–H groups in total. The summed E-state index contributed by atoms with van der Waals surface area (Å²) in [4.78, 5) is 26.4. The average molecular weight is 388 g/mol. The molecule has 0 fully saturated rings. The molecule has 146 valence electrons. The van der Waals surface area contributed by atoms with Crippen LogP contribution in [0.4, 0.5) is 0 Å². The molecule has 1 aromatic heterocycles. The molecule has 0 saturated carbocycles. The standard InChI is InChI=1S/C21H29N3O2S/c1-15(2)12-16-7-9-17(10-8-16)21(18-6-5-11-27-18)23-13-20(26)24(4)14-19(25)22-3/h5-11,15,21,23H,12-14H2,1-4H3,(H,22,25)/t21-/m0/s1. The van der Waals surface area contributed by atoms with Crippen LogP contribution in [0, 0.1) is 5.92 Å². The summed E-state index contributed by atoms with van der Waals surface area (Å²) in [5.41, 5.74) is 2.45. The maximum absolute atomic E-state index is 12.4. The van der Waals surface area contributed by atoms with Gasteiger partial charge in [-0.2, -0.15) is 0 Å². The number of nitrogens with zero attached hydrogens (tertiary/aromatic N) is 1. The molecule has 2 amide bonds. The van der Waals surface area contributed by atoms with E-state index in [1.807, 2.05) is 11.4 Å². The van der Waals surface area contributed by atoms with Crippen molar-refractivity contribution in [1.29, 1.82) is 0 Å². The predicted octanol–water partition coefficient (Wildman–Crippen LogP) is 2.83. The SMILES string of the molecule is CNC(=O)CN(C)C(=O)CN[C@@H](c1ccc(CC(C)C)cc1)c1cccs1. The first-order chi connectivity index (χ1) is 12.9. The van der Waals surface area contributed by atoms with E-state index in [9.17, 15) is 9.59 Å². The van der Waals surface area contributed by atoms with E-state index in [-0.39, 0.29) is 30.9 Å². The Labute approximate surface area is 165 Å². The lowest BCUT2D eigenvalue weighted by Gasteiger charge is -2.21. The lowest BCUT2D eigenvalue weighted by molar-refractivity contribution is -0.133. The van der Waals surface area contributed by atoms with Gasteiger partial charge in [0.2, 0.25) is 11.8 Å². The minimum atomic E-state index is -0.179. The molecule has 0 unspecified atom stereocenters. The molecule has 0 spiro atoms. The molecule has 0 aliphatic carbocycles. The van der Waals surface area contributed by atoms with Gasteiger partial charge in [-0.25, -0.2) is 0 Å². The van der Waals surface area contributed by atoms with Crippen LogP contribution >= 0.6 is 11.3 Å². The topological polar surface area (TPSA) is 61.4 Å². The monoisotopic (exact) mass is 387 g/mol. The molecule has 1 heterocycles. The smallest absolute Gasteiger partial charge is 0.239 e. The van der Waals surface area contributed by atoms with Crippen molar-refractivity contribution in [3.8, 4) is 0 Å². The van der Waals surface area contributed by atoms with Crippen LogP contribution in [0.15, 0.2) is 41.8 Å². The average Bonchev–Trinajstić information content (AvgIpc) is 3.16. The Kier molecular flexibility index (Phi) is 8.00. The Bertz CT molecular complexity index is 726. The lowest BCUT2D eigenvalue weighted by Crippen LogP contribution is -2.42. The van der Waals surface area contributed by atoms with Crippen LogP contribution in [0.5, 0.6) is 0 Å². The first-order valence-corrected chi connectivity index (χ1v) is 10.1. The van der Waals surface area contributed by atoms with Crippen molar-refractivity contribution < 1.29 is 9.59 Å². The molecule has 0 saturated heterocycles. The van der Waals surface area contributed by atoms with Gasteiger partial charge in [0.15, 0.2) is 0 Å². The molecule has 27 heavy (non-hydrogen) atoms. The highest BCUT2D eigenvalue weighted by atomic mass is 32.1. The third-order valence-corrected chi connectivity index (χ3v) is 5.26. The van der Waals surface area contributed by atoms with E-state index in [1.54, 1.807) is 25.4 Å². The largest absolute Gasteiger partial charge is 0.358 e. The molecule has 0 bridgehead atoms. The van der Waals surface area contributed by atoms with E-state index in [4.69, 9.17) is 0 Å². The van der Waals surface area contributed by atoms with Gasteiger partial charge in [0.25, 0.3) is 0 Å². The molecule has 1 aromatic carbocycles. The van der Waals surface area contributed by atoms with E-state index in [2.05, 4.69) is 54.8 Å². The van der Waals surface area contributed by atoms with Crippen molar-refractivity contribution >= 4 is 23.2 Å². The Balaban J connectivity index is 2.07. The minimum absolute atomic E-state index is 0.0459. The van der Waals surface area contributed by atoms with Gasteiger partial charge in [-0.15, -0.1) is 11.3 Å². The van der Waals surface area contributed by atoms with Crippen molar-refractivity contribution in [2.45, 2.75) is 26.3 Å². The third kappa shape index (κ3) is 6.48. The third-order valence-electron chi connectivity index (χ3n) is 4.33. The lowest BCUT2D eigenvalue weighted by atomic mass is 9.99. The van der Waals surface area contributed by atoms with Crippen LogP contribution in [0.25, 0.3) is 0 Å². The molecular weight excluding hydrogens is 358 g/mol. The van der Waals surface area contributed by atoms with Gasteiger partial charge in [-0.3, -0.25) is 14.9 Å². The van der Waals surface area contributed by atoms with Gasteiger partial charge in [0.1, 0.15) is 0 Å². The quantitative estimate of drug-likeness (QED) is 0.696. The van der Waals surface area contributed by atoms with Crippen LogP contribution in [0.2, 0.25) is 0 Å². The summed E-state index contributed by atoms with van der Waals surface area (Å²) in [6, 6.07) is 12.6. The van der Waals surface area contributed by atoms with Crippen molar-refractivity contribution in [2.24, 2.45) is 5.92 Å². The van der Waals surface area contributed by atoms with Gasteiger partial charge >= 0.3 is 0 Å². The number of carbonyl (C=O) groups is 2. The summed E-state index contributed by atoms with van der Waals surface area (Å²) in [5, 5.41) is 7.93.